The second-order valence-corrected chi connectivity index (χ2v) is 8.99. The van der Waals surface area contributed by atoms with E-state index in [4.69, 9.17) is 9.72 Å². The first-order valence-electron chi connectivity index (χ1n) is 10.2. The average molecular weight is 419 g/mol. The lowest BCUT2D eigenvalue weighted by Gasteiger charge is -2.09. The number of nitrogens with zero attached hydrogens (tertiary/aromatic N) is 1. The highest BCUT2D eigenvalue weighted by molar-refractivity contribution is 7.22. The number of fused-ring (bicyclic) bond motifs is 3. The number of nitrogens with one attached hydrogen (secondary N) is 1. The summed E-state index contributed by atoms with van der Waals surface area (Å²) in [6.45, 7) is 7.06. The molecule has 0 aliphatic heterocycles. The Morgan fingerprint density at radius 1 is 1.13 bits per heavy atom. The van der Waals surface area contributed by atoms with Crippen LogP contribution in [0.25, 0.3) is 32.1 Å². The third-order valence-corrected chi connectivity index (χ3v) is 6.52. The molecule has 0 fully saturated rings. The van der Waals surface area contributed by atoms with Crippen molar-refractivity contribution in [3.05, 3.63) is 59.1 Å². The van der Waals surface area contributed by atoms with Crippen molar-refractivity contribution < 1.29 is 9.53 Å². The first kappa shape index (κ1) is 20.4. The van der Waals surface area contributed by atoms with Crippen LogP contribution in [0.15, 0.2) is 48.7 Å². The Morgan fingerprint density at radius 2 is 1.90 bits per heavy atom. The second kappa shape index (κ2) is 8.44. The molecule has 30 heavy (non-hydrogen) atoms. The highest BCUT2D eigenvalue weighted by Crippen LogP contribution is 2.42. The Hall–Kier alpha value is -2.92. The first-order chi connectivity index (χ1) is 14.5. The van der Waals surface area contributed by atoms with Crippen LogP contribution in [0.3, 0.4) is 0 Å². The van der Waals surface area contributed by atoms with Gasteiger partial charge in [0.25, 0.3) is 5.91 Å². The van der Waals surface area contributed by atoms with Crippen molar-refractivity contribution in [1.29, 1.82) is 0 Å². The molecule has 1 amide bonds. The number of benzene rings is 2. The normalized spacial score (nSPS) is 11.4. The summed E-state index contributed by atoms with van der Waals surface area (Å²) in [5.74, 6) is 1.26. The van der Waals surface area contributed by atoms with Crippen molar-refractivity contribution >= 4 is 38.2 Å². The van der Waals surface area contributed by atoms with Crippen molar-refractivity contribution in [3.8, 4) is 16.9 Å². The number of hydrogen-bond acceptors (Lipinski definition) is 4. The van der Waals surface area contributed by atoms with E-state index in [1.54, 1.807) is 7.11 Å². The zero-order valence-electron chi connectivity index (χ0n) is 17.8. The molecule has 0 aliphatic carbocycles. The van der Waals surface area contributed by atoms with E-state index in [9.17, 15) is 4.79 Å². The molecule has 0 spiro atoms. The van der Waals surface area contributed by atoms with Gasteiger partial charge in [-0.25, -0.2) is 0 Å². The summed E-state index contributed by atoms with van der Waals surface area (Å²) in [4.78, 5) is 18.6. The number of amides is 1. The quantitative estimate of drug-likeness (QED) is 0.405. The molecule has 2 aromatic heterocycles. The van der Waals surface area contributed by atoms with Crippen molar-refractivity contribution in [2.45, 2.75) is 27.2 Å². The predicted octanol–water partition coefficient (Wildman–Crippen LogP) is 6.21. The fourth-order valence-corrected chi connectivity index (χ4v) is 4.86. The van der Waals surface area contributed by atoms with E-state index in [1.165, 1.54) is 16.9 Å². The second-order valence-electron chi connectivity index (χ2n) is 7.97. The minimum Gasteiger partial charge on any atom is -0.494 e. The van der Waals surface area contributed by atoms with Gasteiger partial charge >= 0.3 is 0 Å². The van der Waals surface area contributed by atoms with Crippen LogP contribution in [0.5, 0.6) is 5.75 Å². The summed E-state index contributed by atoms with van der Waals surface area (Å²) in [6, 6.07) is 14.2. The number of ether oxygens (including phenoxy) is 1. The molecule has 154 valence electrons. The van der Waals surface area contributed by atoms with Gasteiger partial charge in [-0.05, 0) is 30.9 Å². The number of rotatable bonds is 6. The number of pyridine rings is 1. The number of aromatic nitrogens is 1. The van der Waals surface area contributed by atoms with E-state index in [1.807, 2.05) is 24.4 Å². The molecule has 0 aliphatic rings. The van der Waals surface area contributed by atoms with E-state index < -0.39 is 0 Å². The maximum absolute atomic E-state index is 13.2. The monoisotopic (exact) mass is 418 g/mol. The Kier molecular flexibility index (Phi) is 5.73. The zero-order valence-corrected chi connectivity index (χ0v) is 18.6. The van der Waals surface area contributed by atoms with Gasteiger partial charge in [-0.3, -0.25) is 9.78 Å². The van der Waals surface area contributed by atoms with Gasteiger partial charge in [0.05, 0.1) is 7.11 Å². The van der Waals surface area contributed by atoms with E-state index in [2.05, 4.69) is 50.4 Å². The van der Waals surface area contributed by atoms with Crippen LogP contribution in [-0.2, 0) is 0 Å². The van der Waals surface area contributed by atoms with Gasteiger partial charge in [0.2, 0.25) is 0 Å². The number of carbonyl (C=O) groups excluding carboxylic acids is 1. The predicted molar refractivity (Wildman–Crippen MR) is 126 cm³/mol. The minimum absolute atomic E-state index is 0.0246. The lowest BCUT2D eigenvalue weighted by Crippen LogP contribution is -2.24. The van der Waals surface area contributed by atoms with Crippen LogP contribution in [0.2, 0.25) is 0 Å². The van der Waals surface area contributed by atoms with Crippen molar-refractivity contribution in [2.75, 3.05) is 13.7 Å². The van der Waals surface area contributed by atoms with Crippen LogP contribution in [0, 0.1) is 12.8 Å². The number of thiophene rings is 1. The van der Waals surface area contributed by atoms with E-state index in [-0.39, 0.29) is 5.91 Å². The Balaban J connectivity index is 1.91. The molecule has 0 saturated heterocycles. The van der Waals surface area contributed by atoms with Gasteiger partial charge in [0, 0.05) is 33.8 Å². The van der Waals surface area contributed by atoms with E-state index >= 15 is 0 Å². The molecule has 5 heteroatoms. The number of methoxy groups -OCH3 is 1. The summed E-state index contributed by atoms with van der Waals surface area (Å²) >= 11 is 1.53. The fraction of sp³-hybridized carbons (Fsp3) is 0.280. The molecule has 4 rings (SSSR count). The lowest BCUT2D eigenvalue weighted by molar-refractivity contribution is 0.0956. The molecule has 1 N–H and O–H groups in total. The smallest absolute Gasteiger partial charge is 0.262 e. The molecule has 0 atom stereocenters. The lowest BCUT2D eigenvalue weighted by atomic mass is 10.0. The van der Waals surface area contributed by atoms with Crippen molar-refractivity contribution in [2.24, 2.45) is 5.92 Å². The van der Waals surface area contributed by atoms with E-state index in [0.29, 0.717) is 12.5 Å². The third kappa shape index (κ3) is 3.77. The molecule has 0 saturated carbocycles. The van der Waals surface area contributed by atoms with Gasteiger partial charge in [0.1, 0.15) is 16.1 Å². The Morgan fingerprint density at radius 3 is 2.60 bits per heavy atom. The van der Waals surface area contributed by atoms with Crippen LogP contribution < -0.4 is 10.1 Å². The van der Waals surface area contributed by atoms with Crippen LogP contribution in [-0.4, -0.2) is 24.5 Å². The summed E-state index contributed by atoms with van der Waals surface area (Å²) in [7, 11) is 1.65. The summed E-state index contributed by atoms with van der Waals surface area (Å²) in [5, 5.41) is 5.11. The highest BCUT2D eigenvalue weighted by atomic mass is 32.1. The van der Waals surface area contributed by atoms with Gasteiger partial charge in [0.15, 0.2) is 0 Å². The highest BCUT2D eigenvalue weighted by Gasteiger charge is 2.22. The average Bonchev–Trinajstić information content (AvgIpc) is 3.13. The molecule has 0 radical (unpaired) electrons. The number of carbonyl (C=O) groups is 1. The van der Waals surface area contributed by atoms with Gasteiger partial charge in [-0.15, -0.1) is 11.3 Å². The van der Waals surface area contributed by atoms with Gasteiger partial charge < -0.3 is 10.1 Å². The van der Waals surface area contributed by atoms with Crippen LogP contribution in [0.1, 0.15) is 35.5 Å². The molecule has 2 aromatic carbocycles. The summed E-state index contributed by atoms with van der Waals surface area (Å²) in [5.41, 5.74) is 3.99. The van der Waals surface area contributed by atoms with Crippen molar-refractivity contribution in [1.82, 2.24) is 10.3 Å². The topological polar surface area (TPSA) is 51.2 Å². The SMILES string of the molecule is COc1cccc2c1ncc1c(-c3ccc(C)cc3)c(C(=O)NCCC(C)C)sc12. The number of para-hydroxylation sites is 1. The van der Waals surface area contributed by atoms with Gasteiger partial charge in [-0.2, -0.15) is 0 Å². The van der Waals surface area contributed by atoms with Gasteiger partial charge in [-0.1, -0.05) is 55.8 Å². The zero-order chi connectivity index (χ0) is 21.3. The molecule has 4 nitrogen and oxygen atoms in total. The molecule has 0 bridgehead atoms. The first-order valence-corrected chi connectivity index (χ1v) is 11.0. The Labute approximate surface area is 180 Å². The standard InChI is InChI=1S/C25H26N2O2S/c1-15(2)12-13-26-25(28)24-21(17-10-8-16(3)9-11-17)19-14-27-22-18(23(19)30-24)6-5-7-20(22)29-4/h5-11,14-15H,12-13H2,1-4H3,(H,26,28). The molecular formula is C25H26N2O2S. The number of hydrogen-bond donors (Lipinski definition) is 1. The molecule has 0 unspecified atom stereocenters. The largest absolute Gasteiger partial charge is 0.494 e. The van der Waals surface area contributed by atoms with Crippen LogP contribution in [0.4, 0.5) is 0 Å². The fourth-order valence-electron chi connectivity index (χ4n) is 3.62. The summed E-state index contributed by atoms with van der Waals surface area (Å²) < 4.78 is 6.56. The maximum atomic E-state index is 13.2. The summed E-state index contributed by atoms with van der Waals surface area (Å²) in [6.07, 6.45) is 2.83. The van der Waals surface area contributed by atoms with Crippen molar-refractivity contribution in [3.63, 3.8) is 0 Å². The van der Waals surface area contributed by atoms with E-state index in [0.717, 1.165) is 49.2 Å². The maximum Gasteiger partial charge on any atom is 0.262 e. The minimum atomic E-state index is -0.0246. The Bertz CT molecular complexity index is 1210. The molecule has 4 aromatic rings. The third-order valence-electron chi connectivity index (χ3n) is 5.29. The molecular weight excluding hydrogens is 392 g/mol. The van der Waals surface area contributed by atoms with Crippen LogP contribution >= 0.6 is 11.3 Å². The molecule has 2 heterocycles. The number of aryl methyl sites for hydroxylation is 1.